The third-order valence-electron chi connectivity index (χ3n) is 2.20. The second-order valence-corrected chi connectivity index (χ2v) is 3.37. The minimum atomic E-state index is -0.799. The fourth-order valence-corrected chi connectivity index (χ4v) is 1.39. The molecule has 1 aliphatic heterocycles. The van der Waals surface area contributed by atoms with Crippen LogP contribution in [-0.2, 0) is 14.3 Å². The van der Waals surface area contributed by atoms with Crippen LogP contribution in [0.4, 0.5) is 0 Å². The fourth-order valence-electron chi connectivity index (χ4n) is 1.39. The Hall–Kier alpha value is -1.54. The third kappa shape index (κ3) is 3.26. The average Bonchev–Trinajstić information content (AvgIpc) is 2.69. The number of amides is 2. The Morgan fingerprint density at radius 3 is 2.87 bits per heavy atom. The molecule has 82 valence electrons. The van der Waals surface area contributed by atoms with Crippen molar-refractivity contribution in [2.45, 2.75) is 31.4 Å². The minimum absolute atomic E-state index is 0.105. The standard InChI is InChI=1S/C10H14N2O3/c1-2-4-7(9(11)13)12-10(14)8-5-3-6-15-8/h1,7-8H,3-6H2,(H2,11,13)(H,12,14)/t7-,8-/m0/s1. The molecular weight excluding hydrogens is 196 g/mol. The van der Waals surface area contributed by atoms with Gasteiger partial charge in [-0.1, -0.05) is 0 Å². The number of hydrogen-bond donors (Lipinski definition) is 2. The maximum Gasteiger partial charge on any atom is 0.249 e. The lowest BCUT2D eigenvalue weighted by Gasteiger charge is -2.15. The lowest BCUT2D eigenvalue weighted by atomic mass is 10.1. The Kier molecular flexibility index (Phi) is 4.13. The van der Waals surface area contributed by atoms with Crippen molar-refractivity contribution in [1.82, 2.24) is 5.32 Å². The highest BCUT2D eigenvalue weighted by Crippen LogP contribution is 2.12. The number of ether oxygens (including phenoxy) is 1. The van der Waals surface area contributed by atoms with E-state index in [9.17, 15) is 9.59 Å². The van der Waals surface area contributed by atoms with E-state index in [2.05, 4.69) is 11.2 Å². The van der Waals surface area contributed by atoms with Gasteiger partial charge in [0, 0.05) is 13.0 Å². The van der Waals surface area contributed by atoms with E-state index in [1.807, 2.05) is 0 Å². The summed E-state index contributed by atoms with van der Waals surface area (Å²) in [4.78, 5) is 22.4. The van der Waals surface area contributed by atoms with E-state index in [0.717, 1.165) is 6.42 Å². The van der Waals surface area contributed by atoms with Crippen molar-refractivity contribution >= 4 is 11.8 Å². The van der Waals surface area contributed by atoms with Crippen LogP contribution in [0.2, 0.25) is 0 Å². The zero-order valence-electron chi connectivity index (χ0n) is 8.36. The highest BCUT2D eigenvalue weighted by Gasteiger charge is 2.26. The molecule has 1 heterocycles. The molecule has 0 radical (unpaired) electrons. The molecule has 0 bridgehead atoms. The molecule has 2 atom stereocenters. The van der Waals surface area contributed by atoms with Crippen LogP contribution in [0.15, 0.2) is 0 Å². The summed E-state index contributed by atoms with van der Waals surface area (Å²) in [6.45, 7) is 0.578. The minimum Gasteiger partial charge on any atom is -0.368 e. The largest absolute Gasteiger partial charge is 0.368 e. The first-order chi connectivity index (χ1) is 7.15. The van der Waals surface area contributed by atoms with Crippen molar-refractivity contribution in [3.8, 4) is 12.3 Å². The Morgan fingerprint density at radius 2 is 2.40 bits per heavy atom. The molecule has 5 heteroatoms. The van der Waals surface area contributed by atoms with Crippen molar-refractivity contribution in [3.05, 3.63) is 0 Å². The second kappa shape index (κ2) is 5.37. The first-order valence-corrected chi connectivity index (χ1v) is 4.80. The molecule has 0 aromatic heterocycles. The summed E-state index contributed by atoms with van der Waals surface area (Å²) in [6.07, 6.45) is 6.22. The van der Waals surface area contributed by atoms with E-state index in [0.29, 0.717) is 13.0 Å². The summed E-state index contributed by atoms with van der Waals surface area (Å²) in [5.41, 5.74) is 5.08. The van der Waals surface area contributed by atoms with Gasteiger partial charge in [-0.25, -0.2) is 0 Å². The molecule has 0 saturated carbocycles. The topological polar surface area (TPSA) is 81.4 Å². The first-order valence-electron chi connectivity index (χ1n) is 4.80. The van der Waals surface area contributed by atoms with Gasteiger partial charge in [-0.2, -0.15) is 0 Å². The quantitative estimate of drug-likeness (QED) is 0.593. The van der Waals surface area contributed by atoms with Crippen LogP contribution >= 0.6 is 0 Å². The normalized spacial score (nSPS) is 21.7. The van der Waals surface area contributed by atoms with Gasteiger partial charge >= 0.3 is 0 Å². The van der Waals surface area contributed by atoms with Gasteiger partial charge < -0.3 is 15.8 Å². The van der Waals surface area contributed by atoms with E-state index in [4.69, 9.17) is 16.9 Å². The SMILES string of the molecule is C#CC[C@H](NC(=O)[C@@H]1CCCO1)C(N)=O. The third-order valence-corrected chi connectivity index (χ3v) is 2.20. The predicted molar refractivity (Wildman–Crippen MR) is 53.5 cm³/mol. The van der Waals surface area contributed by atoms with E-state index >= 15 is 0 Å². The summed E-state index contributed by atoms with van der Waals surface area (Å²) >= 11 is 0. The van der Waals surface area contributed by atoms with Crippen LogP contribution < -0.4 is 11.1 Å². The molecule has 2 amide bonds. The van der Waals surface area contributed by atoms with Crippen molar-refractivity contribution in [3.63, 3.8) is 0 Å². The molecule has 1 rings (SSSR count). The fraction of sp³-hybridized carbons (Fsp3) is 0.600. The van der Waals surface area contributed by atoms with Gasteiger partial charge in [0.2, 0.25) is 11.8 Å². The molecule has 0 aromatic carbocycles. The Balaban J connectivity index is 2.46. The summed E-state index contributed by atoms with van der Waals surface area (Å²) in [5, 5.41) is 2.48. The van der Waals surface area contributed by atoms with Crippen LogP contribution in [0.5, 0.6) is 0 Å². The highest BCUT2D eigenvalue weighted by molar-refractivity contribution is 5.88. The van der Waals surface area contributed by atoms with Crippen molar-refractivity contribution in [2.75, 3.05) is 6.61 Å². The van der Waals surface area contributed by atoms with Gasteiger partial charge in [-0.15, -0.1) is 12.3 Å². The molecule has 0 spiro atoms. The molecule has 1 aliphatic rings. The van der Waals surface area contributed by atoms with Crippen molar-refractivity contribution in [1.29, 1.82) is 0 Å². The number of hydrogen-bond acceptors (Lipinski definition) is 3. The van der Waals surface area contributed by atoms with E-state index in [-0.39, 0.29) is 12.3 Å². The lowest BCUT2D eigenvalue weighted by Crippen LogP contribution is -2.47. The number of primary amides is 1. The zero-order valence-corrected chi connectivity index (χ0v) is 8.36. The summed E-state index contributed by atoms with van der Waals surface area (Å²) in [7, 11) is 0. The molecule has 0 aliphatic carbocycles. The average molecular weight is 210 g/mol. The number of nitrogens with one attached hydrogen (secondary N) is 1. The maximum atomic E-state index is 11.5. The van der Waals surface area contributed by atoms with Gasteiger partial charge in [0.1, 0.15) is 12.1 Å². The Labute approximate surface area is 88.3 Å². The van der Waals surface area contributed by atoms with Crippen LogP contribution in [0.25, 0.3) is 0 Å². The number of rotatable bonds is 4. The molecule has 5 nitrogen and oxygen atoms in total. The predicted octanol–water partition coefficient (Wildman–Crippen LogP) is -0.841. The molecule has 0 unspecified atom stereocenters. The summed E-state index contributed by atoms with van der Waals surface area (Å²) in [5.74, 6) is 1.35. The van der Waals surface area contributed by atoms with Gasteiger partial charge in [0.15, 0.2) is 0 Å². The number of carbonyl (C=O) groups excluding carboxylic acids is 2. The van der Waals surface area contributed by atoms with E-state index < -0.39 is 18.1 Å². The summed E-state index contributed by atoms with van der Waals surface area (Å²) in [6, 6.07) is -0.799. The Morgan fingerprint density at radius 1 is 1.67 bits per heavy atom. The van der Waals surface area contributed by atoms with Gasteiger partial charge in [0.05, 0.1) is 0 Å². The van der Waals surface area contributed by atoms with Crippen LogP contribution in [0.1, 0.15) is 19.3 Å². The monoisotopic (exact) mass is 210 g/mol. The number of terminal acetylenes is 1. The molecule has 3 N–H and O–H groups in total. The van der Waals surface area contributed by atoms with Gasteiger partial charge in [-0.3, -0.25) is 9.59 Å². The van der Waals surface area contributed by atoms with E-state index in [1.54, 1.807) is 0 Å². The molecule has 1 saturated heterocycles. The van der Waals surface area contributed by atoms with Crippen LogP contribution in [0.3, 0.4) is 0 Å². The van der Waals surface area contributed by atoms with E-state index in [1.165, 1.54) is 0 Å². The first kappa shape index (κ1) is 11.5. The Bertz CT molecular complexity index is 290. The molecule has 1 fully saturated rings. The molecule has 0 aromatic rings. The molecular formula is C10H14N2O3. The lowest BCUT2D eigenvalue weighted by molar-refractivity contribution is -0.133. The second-order valence-electron chi connectivity index (χ2n) is 3.37. The van der Waals surface area contributed by atoms with Crippen LogP contribution in [-0.4, -0.2) is 30.6 Å². The van der Waals surface area contributed by atoms with Gasteiger partial charge in [-0.05, 0) is 12.8 Å². The smallest absolute Gasteiger partial charge is 0.249 e. The zero-order chi connectivity index (χ0) is 11.3. The molecule has 15 heavy (non-hydrogen) atoms. The van der Waals surface area contributed by atoms with Crippen LogP contribution in [0, 0.1) is 12.3 Å². The van der Waals surface area contributed by atoms with Crippen molar-refractivity contribution < 1.29 is 14.3 Å². The summed E-state index contributed by atoms with van der Waals surface area (Å²) < 4.78 is 5.16. The van der Waals surface area contributed by atoms with Gasteiger partial charge in [0.25, 0.3) is 0 Å². The highest BCUT2D eigenvalue weighted by atomic mass is 16.5. The number of nitrogens with two attached hydrogens (primary N) is 1. The maximum absolute atomic E-state index is 11.5. The van der Waals surface area contributed by atoms with Crippen molar-refractivity contribution in [2.24, 2.45) is 5.73 Å². The number of carbonyl (C=O) groups is 2.